The van der Waals surface area contributed by atoms with Crippen molar-refractivity contribution in [2.45, 2.75) is 45.4 Å². The summed E-state index contributed by atoms with van der Waals surface area (Å²) in [6.45, 7) is 1.91. The van der Waals surface area contributed by atoms with Crippen LogP contribution in [0.2, 0.25) is 0 Å². The van der Waals surface area contributed by atoms with Crippen molar-refractivity contribution < 1.29 is 19.2 Å². The first kappa shape index (κ1) is 23.1. The highest BCUT2D eigenvalue weighted by Gasteiger charge is 2.48. The molecule has 2 unspecified atom stereocenters. The van der Waals surface area contributed by atoms with E-state index in [4.69, 9.17) is 0 Å². The van der Waals surface area contributed by atoms with Gasteiger partial charge in [-0.25, -0.2) is 4.98 Å². The highest BCUT2D eigenvalue weighted by molar-refractivity contribution is 7.14. The Kier molecular flexibility index (Phi) is 7.17. The fourth-order valence-corrected chi connectivity index (χ4v) is 5.29. The number of carbonyl (C=O) groups is 4. The molecule has 0 spiro atoms. The van der Waals surface area contributed by atoms with E-state index in [9.17, 15) is 19.2 Å². The van der Waals surface area contributed by atoms with Gasteiger partial charge in [-0.2, -0.15) is 0 Å². The molecule has 0 bridgehead atoms. The third-order valence-corrected chi connectivity index (χ3v) is 7.01. The Hall–Kier alpha value is -3.07. The van der Waals surface area contributed by atoms with E-state index in [-0.39, 0.29) is 36.1 Å². The minimum absolute atomic E-state index is 0.0200. The normalized spacial score (nSPS) is 20.0. The van der Waals surface area contributed by atoms with Gasteiger partial charge in [-0.1, -0.05) is 37.1 Å². The highest BCUT2D eigenvalue weighted by atomic mass is 32.1. The molecule has 1 aromatic carbocycles. The third kappa shape index (κ3) is 5.47. The zero-order valence-electron chi connectivity index (χ0n) is 18.6. The summed E-state index contributed by atoms with van der Waals surface area (Å²) >= 11 is 1.30. The molecule has 1 aromatic heterocycles. The number of nitrogens with one attached hydrogen (secondary N) is 2. The van der Waals surface area contributed by atoms with Crippen LogP contribution in [0.15, 0.2) is 29.6 Å². The molecule has 4 amide bonds. The fourth-order valence-electron chi connectivity index (χ4n) is 4.55. The minimum Gasteiger partial charge on any atom is -0.356 e. The van der Waals surface area contributed by atoms with Gasteiger partial charge in [-0.05, 0) is 31.2 Å². The second-order valence-corrected chi connectivity index (χ2v) is 9.49. The number of imide groups is 1. The molecule has 2 aliphatic rings. The molecule has 2 N–H and O–H groups in total. The van der Waals surface area contributed by atoms with Gasteiger partial charge in [0.2, 0.25) is 23.6 Å². The number of hydrogen-bond acceptors (Lipinski definition) is 6. The van der Waals surface area contributed by atoms with Gasteiger partial charge in [-0.3, -0.25) is 24.1 Å². The Morgan fingerprint density at radius 1 is 1.09 bits per heavy atom. The van der Waals surface area contributed by atoms with Crippen molar-refractivity contribution in [1.29, 1.82) is 0 Å². The number of thiazole rings is 1. The lowest BCUT2D eigenvalue weighted by atomic mass is 9.81. The predicted octanol–water partition coefficient (Wildman–Crippen LogP) is 2.99. The fraction of sp³-hybridized carbons (Fsp3) is 0.458. The number of amides is 4. The number of nitrogens with zero attached hydrogens (tertiary/aromatic N) is 2. The molecule has 1 saturated heterocycles. The molecule has 2 atom stereocenters. The van der Waals surface area contributed by atoms with E-state index in [1.54, 1.807) is 0 Å². The van der Waals surface area contributed by atoms with E-state index < -0.39 is 5.91 Å². The molecule has 4 rings (SSSR count). The van der Waals surface area contributed by atoms with Gasteiger partial charge in [0, 0.05) is 24.4 Å². The van der Waals surface area contributed by atoms with Crippen LogP contribution in [0.4, 0.5) is 5.13 Å². The summed E-state index contributed by atoms with van der Waals surface area (Å²) < 4.78 is 0. The topological polar surface area (TPSA) is 108 Å². The van der Waals surface area contributed by atoms with E-state index in [2.05, 4.69) is 15.6 Å². The second-order valence-electron chi connectivity index (χ2n) is 8.63. The molecule has 2 fully saturated rings. The lowest BCUT2D eigenvalue weighted by molar-refractivity contribution is -0.142. The van der Waals surface area contributed by atoms with Crippen LogP contribution < -0.4 is 10.6 Å². The number of likely N-dealkylation sites (tertiary alicyclic amines) is 1. The predicted molar refractivity (Wildman–Crippen MR) is 125 cm³/mol. The molecular weight excluding hydrogens is 440 g/mol. The minimum atomic E-state index is -0.411. The molecule has 0 radical (unpaired) electrons. The Morgan fingerprint density at radius 3 is 2.39 bits per heavy atom. The summed E-state index contributed by atoms with van der Waals surface area (Å²) in [5.41, 5.74) is 2.86. The Morgan fingerprint density at radius 2 is 1.76 bits per heavy atom. The maximum Gasteiger partial charge on any atom is 0.246 e. The highest BCUT2D eigenvalue weighted by Crippen LogP contribution is 2.38. The number of hydrogen-bond donors (Lipinski definition) is 2. The smallest absolute Gasteiger partial charge is 0.246 e. The number of anilines is 1. The maximum atomic E-state index is 12.6. The van der Waals surface area contributed by atoms with Crippen LogP contribution in [-0.2, 0) is 25.6 Å². The second kappa shape index (κ2) is 10.2. The van der Waals surface area contributed by atoms with Crippen LogP contribution in [0.3, 0.4) is 0 Å². The van der Waals surface area contributed by atoms with Gasteiger partial charge in [0.15, 0.2) is 5.13 Å². The number of aryl methyl sites for hydroxylation is 1. The summed E-state index contributed by atoms with van der Waals surface area (Å²) in [7, 11) is 0. The Bertz CT molecular complexity index is 1020. The first-order chi connectivity index (χ1) is 15.9. The first-order valence-electron chi connectivity index (χ1n) is 11.4. The molecule has 1 saturated carbocycles. The van der Waals surface area contributed by atoms with Crippen molar-refractivity contribution in [3.63, 3.8) is 0 Å². The molecule has 1 aliphatic heterocycles. The van der Waals surface area contributed by atoms with Gasteiger partial charge >= 0.3 is 0 Å². The van der Waals surface area contributed by atoms with Crippen molar-refractivity contribution in [1.82, 2.24) is 15.2 Å². The summed E-state index contributed by atoms with van der Waals surface area (Å²) in [5, 5.41) is 7.81. The summed E-state index contributed by atoms with van der Waals surface area (Å²) in [4.78, 5) is 54.1. The molecule has 1 aliphatic carbocycles. The Labute approximate surface area is 196 Å². The zero-order chi connectivity index (χ0) is 23.4. The van der Waals surface area contributed by atoms with E-state index in [0.29, 0.717) is 11.7 Å². The van der Waals surface area contributed by atoms with Gasteiger partial charge < -0.3 is 10.6 Å². The average Bonchev–Trinajstić information content (AvgIpc) is 3.36. The monoisotopic (exact) mass is 468 g/mol. The Balaban J connectivity index is 1.30. The standard InChI is InChI=1S/C24H28N4O4S/c1-15(29)25-12-4-5-16-8-10-17(11-9-16)20-14-33-24(26-20)27-21(30)13-28-22(31)18-6-2-3-7-19(18)23(28)32/h8-11,14,18-19H,2-7,12-13H2,1H3,(H,25,29)(H,26,27,30). The van der Waals surface area contributed by atoms with Gasteiger partial charge in [0.25, 0.3) is 0 Å². The van der Waals surface area contributed by atoms with Crippen molar-refractivity contribution in [2.75, 3.05) is 18.4 Å². The van der Waals surface area contributed by atoms with E-state index in [1.165, 1.54) is 23.8 Å². The summed E-state index contributed by atoms with van der Waals surface area (Å²) in [6.07, 6.45) is 5.12. The van der Waals surface area contributed by atoms with Crippen LogP contribution >= 0.6 is 11.3 Å². The van der Waals surface area contributed by atoms with Crippen molar-refractivity contribution in [3.8, 4) is 11.3 Å². The SMILES string of the molecule is CC(=O)NCCCc1ccc(-c2csc(NC(=O)CN3C(=O)C4CCCCC4C3=O)n2)cc1. The number of aromatic nitrogens is 1. The van der Waals surface area contributed by atoms with Crippen LogP contribution in [0.5, 0.6) is 0 Å². The molecule has 9 heteroatoms. The molecule has 2 aromatic rings. The van der Waals surface area contributed by atoms with Crippen molar-refractivity contribution >= 4 is 40.1 Å². The molecule has 2 heterocycles. The van der Waals surface area contributed by atoms with Gasteiger partial charge in [0.1, 0.15) is 6.54 Å². The summed E-state index contributed by atoms with van der Waals surface area (Å²) in [5.74, 6) is -1.36. The van der Waals surface area contributed by atoms with Gasteiger partial charge in [-0.15, -0.1) is 11.3 Å². The van der Waals surface area contributed by atoms with Gasteiger partial charge in [0.05, 0.1) is 17.5 Å². The third-order valence-electron chi connectivity index (χ3n) is 6.25. The maximum absolute atomic E-state index is 12.6. The van der Waals surface area contributed by atoms with Crippen LogP contribution in [-0.4, -0.2) is 46.6 Å². The first-order valence-corrected chi connectivity index (χ1v) is 12.2. The quantitative estimate of drug-likeness (QED) is 0.457. The van der Waals surface area contributed by atoms with Crippen LogP contribution in [0.1, 0.15) is 44.6 Å². The summed E-state index contributed by atoms with van der Waals surface area (Å²) in [6, 6.07) is 8.03. The van der Waals surface area contributed by atoms with E-state index in [0.717, 1.165) is 54.7 Å². The number of carbonyl (C=O) groups excluding carboxylic acids is 4. The molecule has 33 heavy (non-hydrogen) atoms. The average molecular weight is 469 g/mol. The number of benzene rings is 1. The van der Waals surface area contributed by atoms with E-state index >= 15 is 0 Å². The number of rotatable bonds is 8. The number of fused-ring (bicyclic) bond motifs is 1. The largest absolute Gasteiger partial charge is 0.356 e. The van der Waals surface area contributed by atoms with E-state index in [1.807, 2.05) is 29.6 Å². The van der Waals surface area contributed by atoms with Crippen molar-refractivity contribution in [2.24, 2.45) is 11.8 Å². The molecular formula is C24H28N4O4S. The lowest BCUT2D eigenvalue weighted by Crippen LogP contribution is -2.38. The van der Waals surface area contributed by atoms with Crippen LogP contribution in [0, 0.1) is 11.8 Å². The van der Waals surface area contributed by atoms with Crippen LogP contribution in [0.25, 0.3) is 11.3 Å². The lowest BCUT2D eigenvalue weighted by Gasteiger charge is -2.19. The molecule has 174 valence electrons. The molecule has 8 nitrogen and oxygen atoms in total. The zero-order valence-corrected chi connectivity index (χ0v) is 19.5. The van der Waals surface area contributed by atoms with Crippen molar-refractivity contribution in [3.05, 3.63) is 35.2 Å².